The highest BCUT2D eigenvalue weighted by molar-refractivity contribution is 5.95. The lowest BCUT2D eigenvalue weighted by Crippen LogP contribution is -2.32. The number of hydrogen-bond acceptors (Lipinski definition) is 3. The van der Waals surface area contributed by atoms with E-state index in [1.807, 2.05) is 6.92 Å². The van der Waals surface area contributed by atoms with E-state index in [1.54, 1.807) is 0 Å². The minimum atomic E-state index is -4.58. The van der Waals surface area contributed by atoms with Crippen LogP contribution in [0, 0.1) is 5.92 Å². The Morgan fingerprint density at radius 2 is 2.15 bits per heavy atom. The van der Waals surface area contributed by atoms with Crippen molar-refractivity contribution in [1.82, 2.24) is 0 Å². The van der Waals surface area contributed by atoms with E-state index in [1.165, 1.54) is 6.07 Å². The van der Waals surface area contributed by atoms with Gasteiger partial charge in [-0.25, -0.2) is 0 Å². The van der Waals surface area contributed by atoms with Crippen molar-refractivity contribution in [2.24, 2.45) is 5.92 Å². The van der Waals surface area contributed by atoms with Gasteiger partial charge in [-0.15, -0.1) is 0 Å². The molecule has 0 radical (unpaired) electrons. The molecular formula is C13H15F3N2O2. The van der Waals surface area contributed by atoms with Crippen LogP contribution in [0.5, 0.6) is 0 Å². The van der Waals surface area contributed by atoms with Crippen molar-refractivity contribution in [3.8, 4) is 0 Å². The maximum absolute atomic E-state index is 12.9. The van der Waals surface area contributed by atoms with Crippen LogP contribution in [0.3, 0.4) is 0 Å². The summed E-state index contributed by atoms with van der Waals surface area (Å²) < 4.78 is 43.9. The smallest absolute Gasteiger partial charge is 0.399 e. The van der Waals surface area contributed by atoms with Crippen LogP contribution in [-0.2, 0) is 15.7 Å². The van der Waals surface area contributed by atoms with Crippen molar-refractivity contribution in [2.45, 2.75) is 25.6 Å². The molecule has 0 aliphatic carbocycles. The zero-order valence-corrected chi connectivity index (χ0v) is 10.8. The molecule has 1 heterocycles. The summed E-state index contributed by atoms with van der Waals surface area (Å²) in [5, 5.41) is 2.28. The summed E-state index contributed by atoms with van der Waals surface area (Å²) in [4.78, 5) is 12.0. The molecule has 0 aromatic heterocycles. The van der Waals surface area contributed by atoms with Crippen LogP contribution < -0.4 is 11.1 Å². The van der Waals surface area contributed by atoms with E-state index in [0.717, 1.165) is 12.1 Å². The van der Waals surface area contributed by atoms with Crippen molar-refractivity contribution in [2.75, 3.05) is 17.7 Å². The Balaban J connectivity index is 2.23. The number of nitrogens with two attached hydrogens (primary N) is 1. The fourth-order valence-corrected chi connectivity index (χ4v) is 2.14. The number of nitrogens with one attached hydrogen (secondary N) is 1. The third-order valence-corrected chi connectivity index (χ3v) is 3.25. The van der Waals surface area contributed by atoms with Gasteiger partial charge < -0.3 is 15.8 Å². The molecule has 2 unspecified atom stereocenters. The molecule has 1 saturated heterocycles. The lowest BCUT2D eigenvalue weighted by atomic mass is 10.0. The molecule has 1 aromatic rings. The number of rotatable bonds is 2. The fraction of sp³-hybridized carbons (Fsp3) is 0.462. The van der Waals surface area contributed by atoms with E-state index in [2.05, 4.69) is 5.32 Å². The molecule has 4 nitrogen and oxygen atoms in total. The number of halogens is 3. The minimum absolute atomic E-state index is 0.0131. The molecule has 1 fully saturated rings. The molecule has 0 bridgehead atoms. The van der Waals surface area contributed by atoms with Gasteiger partial charge in [0.2, 0.25) is 0 Å². The second-order valence-electron chi connectivity index (χ2n) is 4.85. The number of alkyl halides is 3. The average Bonchev–Trinajstić information content (AvgIpc) is 2.76. The van der Waals surface area contributed by atoms with Gasteiger partial charge >= 0.3 is 6.18 Å². The third-order valence-electron chi connectivity index (χ3n) is 3.25. The zero-order valence-electron chi connectivity index (χ0n) is 10.8. The average molecular weight is 288 g/mol. The van der Waals surface area contributed by atoms with Crippen molar-refractivity contribution < 1.29 is 22.7 Å². The Bertz CT molecular complexity index is 517. The number of benzene rings is 1. The van der Waals surface area contributed by atoms with Gasteiger partial charge in [0, 0.05) is 12.3 Å². The van der Waals surface area contributed by atoms with Crippen LogP contribution in [-0.4, -0.2) is 18.6 Å². The number of nitrogen functional groups attached to an aromatic ring is 1. The van der Waals surface area contributed by atoms with Gasteiger partial charge in [0.05, 0.1) is 11.3 Å². The normalized spacial score (nSPS) is 22.8. The van der Waals surface area contributed by atoms with Crippen molar-refractivity contribution in [3.63, 3.8) is 0 Å². The molecule has 1 amide bonds. The highest BCUT2D eigenvalue weighted by atomic mass is 19.4. The molecular weight excluding hydrogens is 273 g/mol. The van der Waals surface area contributed by atoms with Gasteiger partial charge in [-0.05, 0) is 30.5 Å². The number of amides is 1. The molecule has 0 spiro atoms. The molecule has 2 atom stereocenters. The maximum Gasteiger partial charge on any atom is 0.418 e. The first-order valence-corrected chi connectivity index (χ1v) is 6.18. The highest BCUT2D eigenvalue weighted by Crippen LogP contribution is 2.36. The third kappa shape index (κ3) is 3.04. The monoisotopic (exact) mass is 288 g/mol. The number of carbonyl (C=O) groups excluding carboxylic acids is 1. The van der Waals surface area contributed by atoms with Crippen LogP contribution >= 0.6 is 0 Å². The largest absolute Gasteiger partial charge is 0.418 e. The van der Waals surface area contributed by atoms with Gasteiger partial charge in [-0.3, -0.25) is 4.79 Å². The van der Waals surface area contributed by atoms with Crippen molar-refractivity contribution >= 4 is 17.3 Å². The predicted molar refractivity (Wildman–Crippen MR) is 68.0 cm³/mol. The Hall–Kier alpha value is -1.76. The first-order chi connectivity index (χ1) is 9.29. The van der Waals surface area contributed by atoms with Crippen LogP contribution in [0.15, 0.2) is 18.2 Å². The second-order valence-corrected chi connectivity index (χ2v) is 4.85. The van der Waals surface area contributed by atoms with Crippen molar-refractivity contribution in [3.05, 3.63) is 23.8 Å². The molecule has 0 saturated carbocycles. The summed E-state index contributed by atoms with van der Waals surface area (Å²) in [5.41, 5.74) is 4.08. The summed E-state index contributed by atoms with van der Waals surface area (Å²) in [6.45, 7) is 2.26. The molecule has 110 valence electrons. The molecule has 1 aliphatic rings. The second kappa shape index (κ2) is 5.32. The summed E-state index contributed by atoms with van der Waals surface area (Å²) >= 11 is 0. The molecule has 1 aromatic carbocycles. The molecule has 1 aliphatic heterocycles. The van der Waals surface area contributed by atoms with Gasteiger partial charge in [0.25, 0.3) is 5.91 Å². The van der Waals surface area contributed by atoms with Gasteiger partial charge in [0.1, 0.15) is 6.10 Å². The van der Waals surface area contributed by atoms with E-state index < -0.39 is 23.8 Å². The van der Waals surface area contributed by atoms with Crippen molar-refractivity contribution in [1.29, 1.82) is 0 Å². The summed E-state index contributed by atoms with van der Waals surface area (Å²) in [6, 6.07) is 3.26. The Labute approximate surface area is 114 Å². The van der Waals surface area contributed by atoms with Crippen LogP contribution in [0.4, 0.5) is 24.5 Å². The molecule has 7 heteroatoms. The Morgan fingerprint density at radius 3 is 2.70 bits per heavy atom. The minimum Gasteiger partial charge on any atom is -0.399 e. The number of ether oxygens (including phenoxy) is 1. The molecule has 20 heavy (non-hydrogen) atoms. The van der Waals surface area contributed by atoms with Gasteiger partial charge in [-0.2, -0.15) is 13.2 Å². The quantitative estimate of drug-likeness (QED) is 0.822. The van der Waals surface area contributed by atoms with Gasteiger partial charge in [0.15, 0.2) is 0 Å². The highest BCUT2D eigenvalue weighted by Gasteiger charge is 2.36. The maximum atomic E-state index is 12.9. The van der Waals surface area contributed by atoms with E-state index >= 15 is 0 Å². The fourth-order valence-electron chi connectivity index (χ4n) is 2.14. The first kappa shape index (κ1) is 14.6. The number of carbonyl (C=O) groups is 1. The van der Waals surface area contributed by atoms with Gasteiger partial charge in [-0.1, -0.05) is 6.92 Å². The summed E-state index contributed by atoms with van der Waals surface area (Å²) in [7, 11) is 0. The lowest BCUT2D eigenvalue weighted by Gasteiger charge is -2.18. The summed E-state index contributed by atoms with van der Waals surface area (Å²) in [5.74, 6) is -0.580. The summed E-state index contributed by atoms with van der Waals surface area (Å²) in [6.07, 6.45) is -4.58. The number of anilines is 2. The Morgan fingerprint density at radius 1 is 1.45 bits per heavy atom. The molecule has 2 rings (SSSR count). The van der Waals surface area contributed by atoms with E-state index in [0.29, 0.717) is 13.0 Å². The first-order valence-electron chi connectivity index (χ1n) is 6.18. The number of hydrogen-bond donors (Lipinski definition) is 2. The van der Waals surface area contributed by atoms with E-state index in [4.69, 9.17) is 10.5 Å². The van der Waals surface area contributed by atoms with Crippen LogP contribution in [0.25, 0.3) is 0 Å². The topological polar surface area (TPSA) is 64.3 Å². The van der Waals surface area contributed by atoms with E-state index in [9.17, 15) is 18.0 Å². The lowest BCUT2D eigenvalue weighted by molar-refractivity contribution is -0.137. The predicted octanol–water partition coefficient (Wildman–Crippen LogP) is 2.65. The Kier molecular flexibility index (Phi) is 3.89. The van der Waals surface area contributed by atoms with E-state index in [-0.39, 0.29) is 17.3 Å². The standard InChI is InChI=1S/C13H15F3N2O2/c1-7-4-5-20-11(7)12(19)18-10-3-2-8(17)6-9(10)13(14,15)16/h2-3,6-7,11H,4-5,17H2,1H3,(H,18,19). The molecule has 3 N–H and O–H groups in total. The van der Waals surface area contributed by atoms with Crippen LogP contribution in [0.1, 0.15) is 18.9 Å². The zero-order chi connectivity index (χ0) is 14.9. The van der Waals surface area contributed by atoms with Crippen LogP contribution in [0.2, 0.25) is 0 Å². The SMILES string of the molecule is CC1CCOC1C(=O)Nc1ccc(N)cc1C(F)(F)F.